The van der Waals surface area contributed by atoms with Crippen LogP contribution in [0.25, 0.3) is 22.3 Å². The van der Waals surface area contributed by atoms with E-state index in [-0.39, 0.29) is 23.3 Å². The minimum Gasteiger partial charge on any atom is -0.463 e. The highest BCUT2D eigenvalue weighted by atomic mass is 32.1. The molecule has 1 atom stereocenters. The van der Waals surface area contributed by atoms with E-state index >= 15 is 0 Å². The smallest absolute Gasteiger partial charge is 0.416 e. The number of alkyl halides is 6. The molecule has 0 saturated heterocycles. The normalized spacial score (nSPS) is 14.5. The molecule has 0 spiro atoms. The molecule has 0 bridgehead atoms. The van der Waals surface area contributed by atoms with Crippen LogP contribution in [0.5, 0.6) is 0 Å². The van der Waals surface area contributed by atoms with Crippen molar-refractivity contribution in [2.45, 2.75) is 32.2 Å². The second-order valence-electron chi connectivity index (χ2n) is 11.3. The fraction of sp³-hybridized carbons (Fsp3) is 0.158. The molecule has 1 unspecified atom stereocenters. The Morgan fingerprint density at radius 2 is 1.38 bits per heavy atom. The number of amidine groups is 1. The summed E-state index contributed by atoms with van der Waals surface area (Å²) in [6.07, 6.45) is -6.77. The van der Waals surface area contributed by atoms with Crippen molar-refractivity contribution in [1.82, 2.24) is 10.3 Å². The van der Waals surface area contributed by atoms with Gasteiger partial charge in [-0.3, -0.25) is 9.79 Å². The number of nitrogens with one attached hydrogen (secondary N) is 1. The van der Waals surface area contributed by atoms with Crippen LogP contribution in [0.4, 0.5) is 35.1 Å². The maximum Gasteiger partial charge on any atom is 0.416 e. The summed E-state index contributed by atoms with van der Waals surface area (Å²) in [5, 5.41) is 5.45. The third-order valence-corrected chi connectivity index (χ3v) is 8.65. The lowest BCUT2D eigenvalue weighted by atomic mass is 9.89. The lowest BCUT2D eigenvalue weighted by Crippen LogP contribution is -2.33. The Kier molecular flexibility index (Phi) is 11.6. The number of hydrogen-bond donors (Lipinski definition) is 1. The Balaban J connectivity index is 0.000000241. The third kappa shape index (κ3) is 9.03. The first-order valence-electron chi connectivity index (χ1n) is 15.6. The van der Waals surface area contributed by atoms with E-state index in [0.29, 0.717) is 45.1 Å². The molecule has 4 aromatic carbocycles. The average Bonchev–Trinajstić information content (AvgIpc) is 3.67. The van der Waals surface area contributed by atoms with Gasteiger partial charge in [0.1, 0.15) is 17.7 Å². The largest absolute Gasteiger partial charge is 0.463 e. The van der Waals surface area contributed by atoms with E-state index in [9.17, 15) is 44.7 Å². The van der Waals surface area contributed by atoms with Gasteiger partial charge in [0, 0.05) is 22.8 Å². The molecule has 6 nitrogen and oxygen atoms in total. The fourth-order valence-corrected chi connectivity index (χ4v) is 5.99. The summed E-state index contributed by atoms with van der Waals surface area (Å²) in [7, 11) is 0. The van der Waals surface area contributed by atoms with Crippen LogP contribution in [0.1, 0.15) is 51.9 Å². The van der Waals surface area contributed by atoms with Crippen LogP contribution in [0.15, 0.2) is 113 Å². The molecule has 0 saturated carbocycles. The zero-order chi connectivity index (χ0) is 38.5. The Labute approximate surface area is 301 Å². The molecule has 0 amide bonds. The van der Waals surface area contributed by atoms with Gasteiger partial charge in [0.15, 0.2) is 17.1 Å². The first kappa shape index (κ1) is 38.5. The molecule has 0 radical (unpaired) electrons. The van der Waals surface area contributed by atoms with Gasteiger partial charge in [-0.2, -0.15) is 26.3 Å². The van der Waals surface area contributed by atoms with E-state index < -0.39 is 47.1 Å². The number of thiazole rings is 1. The van der Waals surface area contributed by atoms with E-state index in [1.807, 2.05) is 0 Å². The molecule has 5 aromatic rings. The Morgan fingerprint density at radius 1 is 0.830 bits per heavy atom. The first-order chi connectivity index (χ1) is 25.1. The van der Waals surface area contributed by atoms with Gasteiger partial charge in [0.05, 0.1) is 23.3 Å². The summed E-state index contributed by atoms with van der Waals surface area (Å²) in [5.74, 6) is -1.30. The number of carbonyl (C=O) groups excluding carboxylic acids is 2. The van der Waals surface area contributed by atoms with E-state index in [1.54, 1.807) is 25.4 Å². The molecule has 0 fully saturated rings. The first-order valence-corrected chi connectivity index (χ1v) is 16.5. The van der Waals surface area contributed by atoms with Crippen LogP contribution in [-0.4, -0.2) is 29.7 Å². The van der Waals surface area contributed by atoms with E-state index in [2.05, 4.69) is 10.3 Å². The van der Waals surface area contributed by atoms with Gasteiger partial charge < -0.3 is 10.1 Å². The summed E-state index contributed by atoms with van der Waals surface area (Å²) in [5.41, 5.74) is 1.07. The molecule has 2 heterocycles. The number of ether oxygens (including phenoxy) is 1. The number of benzene rings is 4. The van der Waals surface area contributed by atoms with Crippen molar-refractivity contribution in [3.63, 3.8) is 0 Å². The van der Waals surface area contributed by atoms with Crippen molar-refractivity contribution in [3.05, 3.63) is 147 Å². The monoisotopic (exact) mass is 757 g/mol. The van der Waals surface area contributed by atoms with E-state index in [4.69, 9.17) is 9.73 Å². The molecule has 15 heteroatoms. The van der Waals surface area contributed by atoms with Crippen molar-refractivity contribution in [3.8, 4) is 22.3 Å². The molecule has 1 aromatic heterocycles. The standard InChI is InChI=1S/C24H19F4N3O2S.C14H8F4O/c1-3-33-23(32)19-13(2)30-21(22-29-10-11-34-22)31-20(19)17-9-8-16(25)12-18(17)14-4-6-15(7-5-14)24(26,27)28;15-12-6-3-10(8-19)13(7-12)9-1-4-11(5-2-9)14(16,17)18/h4-12,20H,3H2,1-2H3,(H,30,31);1-8H. The predicted octanol–water partition coefficient (Wildman–Crippen LogP) is 10.2. The zero-order valence-electron chi connectivity index (χ0n) is 27.7. The average molecular weight is 758 g/mol. The van der Waals surface area contributed by atoms with Crippen LogP contribution >= 0.6 is 11.3 Å². The highest BCUT2D eigenvalue weighted by Crippen LogP contribution is 2.40. The lowest BCUT2D eigenvalue weighted by molar-refractivity contribution is -0.139. The number of aromatic nitrogens is 1. The molecule has 1 aliphatic rings. The number of halogens is 8. The summed E-state index contributed by atoms with van der Waals surface area (Å²) in [4.78, 5) is 32.6. The molecule has 53 heavy (non-hydrogen) atoms. The van der Waals surface area contributed by atoms with E-state index in [1.165, 1.54) is 59.9 Å². The van der Waals surface area contributed by atoms with Gasteiger partial charge in [-0.25, -0.2) is 18.6 Å². The number of hydrogen-bond acceptors (Lipinski definition) is 7. The van der Waals surface area contributed by atoms with Gasteiger partial charge in [0.2, 0.25) is 0 Å². The molecule has 0 aliphatic carbocycles. The number of allylic oxidation sites excluding steroid dienone is 1. The van der Waals surface area contributed by atoms with Crippen molar-refractivity contribution in [2.75, 3.05) is 6.61 Å². The number of aliphatic imine (C=N–C) groups is 1. The molecule has 6 rings (SSSR count). The van der Waals surface area contributed by atoms with Crippen LogP contribution in [0, 0.1) is 11.6 Å². The highest BCUT2D eigenvalue weighted by molar-refractivity contribution is 7.11. The Bertz CT molecular complexity index is 2160. The van der Waals surface area contributed by atoms with Gasteiger partial charge in [-0.1, -0.05) is 30.3 Å². The van der Waals surface area contributed by atoms with Crippen LogP contribution in [-0.2, 0) is 21.9 Å². The summed E-state index contributed by atoms with van der Waals surface area (Å²) < 4.78 is 109. The fourth-order valence-electron chi connectivity index (χ4n) is 5.40. The predicted molar refractivity (Wildman–Crippen MR) is 183 cm³/mol. The second kappa shape index (κ2) is 15.9. The summed E-state index contributed by atoms with van der Waals surface area (Å²) >= 11 is 1.35. The highest BCUT2D eigenvalue weighted by Gasteiger charge is 2.34. The maximum absolute atomic E-state index is 14.3. The second-order valence-corrected chi connectivity index (χ2v) is 12.2. The van der Waals surface area contributed by atoms with E-state index in [0.717, 1.165) is 36.4 Å². The summed E-state index contributed by atoms with van der Waals surface area (Å²) in [6.45, 7) is 3.51. The van der Waals surface area contributed by atoms with Crippen LogP contribution < -0.4 is 5.32 Å². The van der Waals surface area contributed by atoms with Crippen LogP contribution in [0.3, 0.4) is 0 Å². The summed E-state index contributed by atoms with van der Waals surface area (Å²) in [6, 6.07) is 15.2. The van der Waals surface area contributed by atoms with Crippen molar-refractivity contribution in [2.24, 2.45) is 4.99 Å². The van der Waals surface area contributed by atoms with Crippen molar-refractivity contribution < 1.29 is 49.4 Å². The van der Waals surface area contributed by atoms with Crippen molar-refractivity contribution >= 4 is 29.4 Å². The van der Waals surface area contributed by atoms with Crippen molar-refractivity contribution in [1.29, 1.82) is 0 Å². The maximum atomic E-state index is 14.3. The number of rotatable bonds is 7. The zero-order valence-corrected chi connectivity index (χ0v) is 28.5. The third-order valence-electron chi connectivity index (χ3n) is 7.87. The molecular formula is C38H27F8N3O3S. The van der Waals surface area contributed by atoms with Gasteiger partial charge in [-0.15, -0.1) is 11.3 Å². The lowest BCUT2D eigenvalue weighted by Gasteiger charge is -2.27. The Morgan fingerprint density at radius 3 is 1.89 bits per heavy atom. The SMILES string of the molecule is CCOC(=O)C1=C(C)NC(c2nccs2)=NC1c1ccc(F)cc1-c1ccc(C(F)(F)F)cc1.O=Cc1ccc(F)cc1-c1ccc(C(F)(F)F)cc1. The minimum atomic E-state index is -4.50. The van der Waals surface area contributed by atoms with Crippen LogP contribution in [0.2, 0.25) is 0 Å². The molecule has 1 aliphatic heterocycles. The Hall–Kier alpha value is -5.70. The van der Waals surface area contributed by atoms with Gasteiger partial charge in [-0.05, 0) is 96.3 Å². The number of aldehydes is 1. The minimum absolute atomic E-state index is 0.139. The molecular weight excluding hydrogens is 730 g/mol. The topological polar surface area (TPSA) is 80.7 Å². The molecule has 1 N–H and O–H groups in total. The van der Waals surface area contributed by atoms with Gasteiger partial charge >= 0.3 is 18.3 Å². The number of carbonyl (C=O) groups is 2. The quantitative estimate of drug-likeness (QED) is 0.102. The van der Waals surface area contributed by atoms with Gasteiger partial charge in [0.25, 0.3) is 0 Å². The number of nitrogens with zero attached hydrogens (tertiary/aromatic N) is 2. The molecule has 274 valence electrons. The number of esters is 1.